The largest absolute Gasteiger partial charge is 0.548 e. The van der Waals surface area contributed by atoms with Gasteiger partial charge in [0, 0.05) is 5.69 Å². The molecule has 0 unspecified atom stereocenters. The number of amides is 2. The molecule has 0 saturated heterocycles. The Morgan fingerprint density at radius 1 is 1.30 bits per heavy atom. The molecule has 0 fully saturated rings. The maximum absolute atomic E-state index is 11.9. The Bertz CT molecular complexity index is 500. The van der Waals surface area contributed by atoms with Crippen LogP contribution in [0.5, 0.6) is 0 Å². The lowest BCUT2D eigenvalue weighted by Gasteiger charge is -2.25. The van der Waals surface area contributed by atoms with Crippen LogP contribution in [0.15, 0.2) is 18.2 Å². The number of anilines is 1. The topological polar surface area (TPSA) is 81.3 Å². The van der Waals surface area contributed by atoms with Gasteiger partial charge in [-0.25, -0.2) is 4.79 Å². The molecule has 0 aliphatic rings. The molecule has 0 aromatic heterocycles. The molecule has 20 heavy (non-hydrogen) atoms. The van der Waals surface area contributed by atoms with Crippen LogP contribution in [0.2, 0.25) is 0 Å². The second kappa shape index (κ2) is 6.93. The Morgan fingerprint density at radius 2 is 1.95 bits per heavy atom. The fraction of sp³-hybridized carbons (Fsp3) is 0.467. The van der Waals surface area contributed by atoms with Gasteiger partial charge in [-0.2, -0.15) is 0 Å². The second-order valence-corrected chi connectivity index (χ2v) is 5.10. The lowest BCUT2D eigenvalue weighted by atomic mass is 9.99. The maximum atomic E-state index is 11.9. The van der Waals surface area contributed by atoms with Crippen molar-refractivity contribution in [3.8, 4) is 0 Å². The Balaban J connectivity index is 2.73. The molecular formula is C15H21N2O3-. The fourth-order valence-electron chi connectivity index (χ4n) is 1.92. The molecule has 0 spiro atoms. The molecule has 2 amide bonds. The van der Waals surface area contributed by atoms with E-state index < -0.39 is 18.0 Å². The molecule has 0 saturated carbocycles. The zero-order chi connectivity index (χ0) is 15.3. The molecule has 0 bridgehead atoms. The summed E-state index contributed by atoms with van der Waals surface area (Å²) in [6.07, 6.45) is 0.641. The summed E-state index contributed by atoms with van der Waals surface area (Å²) in [7, 11) is 0. The minimum absolute atomic E-state index is 0.190. The number of aliphatic carboxylic acids is 1. The first-order chi connectivity index (χ1) is 9.35. The van der Waals surface area contributed by atoms with E-state index in [1.807, 2.05) is 32.9 Å². The third-order valence-electron chi connectivity index (χ3n) is 3.38. The molecule has 1 rings (SSSR count). The number of rotatable bonds is 5. The molecule has 0 radical (unpaired) electrons. The quantitative estimate of drug-likeness (QED) is 0.857. The van der Waals surface area contributed by atoms with Gasteiger partial charge in [0.15, 0.2) is 0 Å². The Kier molecular flexibility index (Phi) is 5.55. The van der Waals surface area contributed by atoms with Gasteiger partial charge in [-0.15, -0.1) is 0 Å². The van der Waals surface area contributed by atoms with Gasteiger partial charge in [0.1, 0.15) is 0 Å². The number of carbonyl (C=O) groups is 2. The van der Waals surface area contributed by atoms with Gasteiger partial charge in [0.2, 0.25) is 0 Å². The van der Waals surface area contributed by atoms with Crippen molar-refractivity contribution in [1.82, 2.24) is 5.32 Å². The summed E-state index contributed by atoms with van der Waals surface area (Å²) in [6, 6.07) is 4.09. The van der Waals surface area contributed by atoms with Crippen LogP contribution >= 0.6 is 0 Å². The van der Waals surface area contributed by atoms with Crippen LogP contribution in [-0.2, 0) is 4.79 Å². The van der Waals surface area contributed by atoms with Crippen LogP contribution in [-0.4, -0.2) is 18.0 Å². The van der Waals surface area contributed by atoms with Crippen molar-refractivity contribution >= 4 is 17.7 Å². The van der Waals surface area contributed by atoms with Crippen molar-refractivity contribution < 1.29 is 14.7 Å². The summed E-state index contributed by atoms with van der Waals surface area (Å²) < 4.78 is 0. The number of benzene rings is 1. The lowest BCUT2D eigenvalue weighted by Crippen LogP contribution is -2.52. The normalized spacial score (nSPS) is 13.4. The zero-order valence-corrected chi connectivity index (χ0v) is 12.3. The molecule has 5 heteroatoms. The summed E-state index contributed by atoms with van der Waals surface area (Å²) in [4.78, 5) is 22.9. The molecule has 0 heterocycles. The van der Waals surface area contributed by atoms with Gasteiger partial charge in [0.05, 0.1) is 12.0 Å². The smallest absolute Gasteiger partial charge is 0.319 e. The third kappa shape index (κ3) is 4.26. The van der Waals surface area contributed by atoms with E-state index in [0.29, 0.717) is 12.1 Å². The van der Waals surface area contributed by atoms with Gasteiger partial charge in [-0.1, -0.05) is 38.0 Å². The van der Waals surface area contributed by atoms with E-state index >= 15 is 0 Å². The molecule has 5 nitrogen and oxygen atoms in total. The van der Waals surface area contributed by atoms with Crippen molar-refractivity contribution in [2.45, 2.75) is 40.2 Å². The molecule has 110 valence electrons. The molecule has 2 N–H and O–H groups in total. The van der Waals surface area contributed by atoms with Crippen LogP contribution in [0.25, 0.3) is 0 Å². The molecule has 0 aliphatic carbocycles. The van der Waals surface area contributed by atoms with Crippen molar-refractivity contribution in [3.05, 3.63) is 29.3 Å². The van der Waals surface area contributed by atoms with Crippen LogP contribution in [0.4, 0.5) is 10.5 Å². The van der Waals surface area contributed by atoms with E-state index in [4.69, 9.17) is 0 Å². The summed E-state index contributed by atoms with van der Waals surface area (Å²) >= 11 is 0. The maximum Gasteiger partial charge on any atom is 0.319 e. The van der Waals surface area contributed by atoms with Crippen molar-refractivity contribution in [2.75, 3.05) is 5.32 Å². The van der Waals surface area contributed by atoms with E-state index in [9.17, 15) is 14.7 Å². The Hall–Kier alpha value is -2.04. The van der Waals surface area contributed by atoms with Gasteiger partial charge in [-0.05, 0) is 31.4 Å². The Labute approximate surface area is 119 Å². The van der Waals surface area contributed by atoms with Crippen LogP contribution < -0.4 is 15.7 Å². The highest BCUT2D eigenvalue weighted by Gasteiger charge is 2.19. The fourth-order valence-corrected chi connectivity index (χ4v) is 1.92. The molecule has 1 aromatic rings. The minimum atomic E-state index is -1.27. The van der Waals surface area contributed by atoms with E-state index in [-0.39, 0.29) is 5.92 Å². The average Bonchev–Trinajstić information content (AvgIpc) is 2.38. The highest BCUT2D eigenvalue weighted by molar-refractivity contribution is 5.92. The number of hydrogen-bond donors (Lipinski definition) is 2. The standard InChI is InChI=1S/C15H22N2O3/c1-5-10(3)13(14(18)19)17-15(20)16-12-7-6-9(2)8-11(12)4/h6-8,10,13H,5H2,1-4H3,(H,18,19)(H2,16,17,20)/p-1/t10-,13+/m1/s1. The monoisotopic (exact) mass is 277 g/mol. The summed E-state index contributed by atoms with van der Waals surface area (Å²) in [5.74, 6) is -1.46. The van der Waals surface area contributed by atoms with E-state index in [1.54, 1.807) is 13.0 Å². The van der Waals surface area contributed by atoms with Crippen molar-refractivity contribution in [3.63, 3.8) is 0 Å². The summed E-state index contributed by atoms with van der Waals surface area (Å²) in [5.41, 5.74) is 2.68. The minimum Gasteiger partial charge on any atom is -0.548 e. The summed E-state index contributed by atoms with van der Waals surface area (Å²) in [5, 5.41) is 16.2. The Morgan fingerprint density at radius 3 is 2.45 bits per heavy atom. The van der Waals surface area contributed by atoms with Gasteiger partial charge in [-0.3, -0.25) is 0 Å². The first kappa shape index (κ1) is 16.0. The SMILES string of the molecule is CC[C@@H](C)[C@H](NC(=O)Nc1ccc(C)cc1C)C(=O)[O-]. The zero-order valence-electron chi connectivity index (χ0n) is 12.3. The van der Waals surface area contributed by atoms with E-state index in [0.717, 1.165) is 11.1 Å². The van der Waals surface area contributed by atoms with E-state index in [1.165, 1.54) is 0 Å². The average molecular weight is 277 g/mol. The number of carbonyl (C=O) groups excluding carboxylic acids is 2. The highest BCUT2D eigenvalue weighted by Crippen LogP contribution is 2.16. The highest BCUT2D eigenvalue weighted by atomic mass is 16.4. The number of aryl methyl sites for hydroxylation is 2. The predicted molar refractivity (Wildman–Crippen MR) is 76.3 cm³/mol. The second-order valence-electron chi connectivity index (χ2n) is 5.10. The van der Waals surface area contributed by atoms with Gasteiger partial charge >= 0.3 is 6.03 Å². The molecular weight excluding hydrogens is 256 g/mol. The first-order valence-corrected chi connectivity index (χ1v) is 6.70. The third-order valence-corrected chi connectivity index (χ3v) is 3.38. The lowest BCUT2D eigenvalue weighted by molar-refractivity contribution is -0.309. The number of hydrogen-bond acceptors (Lipinski definition) is 3. The first-order valence-electron chi connectivity index (χ1n) is 6.70. The van der Waals surface area contributed by atoms with E-state index in [2.05, 4.69) is 10.6 Å². The van der Waals surface area contributed by atoms with Gasteiger partial charge in [0.25, 0.3) is 0 Å². The van der Waals surface area contributed by atoms with Crippen LogP contribution in [0, 0.1) is 19.8 Å². The van der Waals surface area contributed by atoms with Crippen molar-refractivity contribution in [1.29, 1.82) is 0 Å². The van der Waals surface area contributed by atoms with Crippen molar-refractivity contribution in [2.24, 2.45) is 5.92 Å². The predicted octanol–water partition coefficient (Wildman–Crippen LogP) is 1.59. The molecule has 2 atom stereocenters. The van der Waals surface area contributed by atoms with Crippen LogP contribution in [0.3, 0.4) is 0 Å². The number of urea groups is 1. The number of nitrogens with one attached hydrogen (secondary N) is 2. The molecule has 1 aromatic carbocycles. The summed E-state index contributed by atoms with van der Waals surface area (Å²) in [6.45, 7) is 7.47. The number of carboxylic acid groups (broad SMARTS) is 1. The molecule has 0 aliphatic heterocycles. The van der Waals surface area contributed by atoms with Crippen LogP contribution in [0.1, 0.15) is 31.4 Å². The van der Waals surface area contributed by atoms with Gasteiger partial charge < -0.3 is 20.5 Å². The number of carboxylic acids is 1.